The minimum absolute atomic E-state index is 0.00364. The van der Waals surface area contributed by atoms with Crippen molar-refractivity contribution >= 4 is 40.8 Å². The molecular formula is C8H5Cl3O2. The average molecular weight is 239 g/mol. The summed E-state index contributed by atoms with van der Waals surface area (Å²) in [6, 6.07) is 1.32. The minimum Gasteiger partial charge on any atom is -0.478 e. The highest BCUT2D eigenvalue weighted by atomic mass is 35.5. The van der Waals surface area contributed by atoms with Gasteiger partial charge in [0.15, 0.2) is 0 Å². The zero-order valence-corrected chi connectivity index (χ0v) is 8.83. The fourth-order valence-electron chi connectivity index (χ4n) is 0.977. The standard InChI is InChI=1S/C8H5Cl3O2/c1-3-6(8(12)13)4(9)2-5(10)7(3)11/h2H,1H3,(H,12,13). The van der Waals surface area contributed by atoms with E-state index in [4.69, 9.17) is 39.9 Å². The highest BCUT2D eigenvalue weighted by molar-refractivity contribution is 6.44. The van der Waals surface area contributed by atoms with Crippen LogP contribution in [0.4, 0.5) is 0 Å². The molecule has 70 valence electrons. The Morgan fingerprint density at radius 3 is 2.31 bits per heavy atom. The maximum Gasteiger partial charge on any atom is 0.337 e. The van der Waals surface area contributed by atoms with Crippen LogP contribution in [0, 0.1) is 6.92 Å². The van der Waals surface area contributed by atoms with Gasteiger partial charge in [0, 0.05) is 0 Å². The molecule has 1 rings (SSSR count). The highest BCUT2D eigenvalue weighted by Gasteiger charge is 2.16. The van der Waals surface area contributed by atoms with Gasteiger partial charge in [-0.1, -0.05) is 34.8 Å². The molecule has 1 aromatic rings. The van der Waals surface area contributed by atoms with Crippen molar-refractivity contribution in [3.05, 3.63) is 32.3 Å². The minimum atomic E-state index is -1.11. The lowest BCUT2D eigenvalue weighted by Crippen LogP contribution is -2.01. The van der Waals surface area contributed by atoms with Gasteiger partial charge in [0.05, 0.1) is 20.6 Å². The quantitative estimate of drug-likeness (QED) is 0.760. The van der Waals surface area contributed by atoms with Gasteiger partial charge in [-0.2, -0.15) is 0 Å². The average Bonchev–Trinajstić information content (AvgIpc) is 1.99. The second kappa shape index (κ2) is 3.74. The Morgan fingerprint density at radius 1 is 1.31 bits per heavy atom. The van der Waals surface area contributed by atoms with Crippen LogP contribution in [0.2, 0.25) is 15.1 Å². The molecule has 0 radical (unpaired) electrons. The second-order valence-electron chi connectivity index (χ2n) is 2.46. The largest absolute Gasteiger partial charge is 0.478 e. The van der Waals surface area contributed by atoms with Gasteiger partial charge in [0.2, 0.25) is 0 Å². The Labute approximate surface area is 90.0 Å². The van der Waals surface area contributed by atoms with Gasteiger partial charge >= 0.3 is 5.97 Å². The van der Waals surface area contributed by atoms with E-state index in [2.05, 4.69) is 0 Å². The molecule has 0 spiro atoms. The smallest absolute Gasteiger partial charge is 0.337 e. The Kier molecular flexibility index (Phi) is 3.06. The predicted octanol–water partition coefficient (Wildman–Crippen LogP) is 3.65. The van der Waals surface area contributed by atoms with E-state index >= 15 is 0 Å². The summed E-state index contributed by atoms with van der Waals surface area (Å²) in [5, 5.41) is 9.36. The molecule has 0 heterocycles. The van der Waals surface area contributed by atoms with Gasteiger partial charge in [0.1, 0.15) is 0 Å². The van der Waals surface area contributed by atoms with E-state index < -0.39 is 5.97 Å². The van der Waals surface area contributed by atoms with E-state index in [0.717, 1.165) is 0 Å². The highest BCUT2D eigenvalue weighted by Crippen LogP contribution is 2.33. The number of hydrogen-bond acceptors (Lipinski definition) is 1. The topological polar surface area (TPSA) is 37.3 Å². The molecule has 13 heavy (non-hydrogen) atoms. The van der Waals surface area contributed by atoms with Crippen molar-refractivity contribution in [1.82, 2.24) is 0 Å². The van der Waals surface area contributed by atoms with Gasteiger partial charge in [-0.25, -0.2) is 4.79 Å². The number of carbonyl (C=O) groups is 1. The van der Waals surface area contributed by atoms with Crippen LogP contribution in [0.3, 0.4) is 0 Å². The summed E-state index contributed by atoms with van der Waals surface area (Å²) >= 11 is 17.1. The number of benzene rings is 1. The lowest BCUT2D eigenvalue weighted by molar-refractivity contribution is 0.0696. The molecule has 0 aliphatic rings. The number of aromatic carboxylic acids is 1. The molecule has 0 saturated heterocycles. The van der Waals surface area contributed by atoms with Crippen molar-refractivity contribution in [2.24, 2.45) is 0 Å². The van der Waals surface area contributed by atoms with Crippen LogP contribution in [-0.4, -0.2) is 11.1 Å². The lowest BCUT2D eigenvalue weighted by atomic mass is 10.1. The first-order valence-electron chi connectivity index (χ1n) is 3.32. The van der Waals surface area contributed by atoms with E-state index in [1.54, 1.807) is 6.92 Å². The molecule has 0 saturated carbocycles. The first-order valence-corrected chi connectivity index (χ1v) is 4.46. The van der Waals surface area contributed by atoms with Crippen molar-refractivity contribution in [2.75, 3.05) is 0 Å². The fourth-order valence-corrected chi connectivity index (χ4v) is 1.76. The van der Waals surface area contributed by atoms with E-state index in [-0.39, 0.29) is 20.6 Å². The summed E-state index contributed by atoms with van der Waals surface area (Å²) in [6.07, 6.45) is 0. The maximum absolute atomic E-state index is 10.7. The van der Waals surface area contributed by atoms with E-state index in [0.29, 0.717) is 5.56 Å². The van der Waals surface area contributed by atoms with Gasteiger partial charge in [-0.05, 0) is 18.6 Å². The summed E-state index contributed by atoms with van der Waals surface area (Å²) < 4.78 is 0. The monoisotopic (exact) mass is 238 g/mol. The SMILES string of the molecule is Cc1c(Cl)c(Cl)cc(Cl)c1C(=O)O. The zero-order valence-electron chi connectivity index (χ0n) is 6.57. The van der Waals surface area contributed by atoms with Crippen LogP contribution >= 0.6 is 34.8 Å². The molecule has 0 bridgehead atoms. The summed E-state index contributed by atoms with van der Waals surface area (Å²) in [5.41, 5.74) is 0.378. The van der Waals surface area contributed by atoms with E-state index in [1.807, 2.05) is 0 Å². The Hall–Kier alpha value is -0.440. The van der Waals surface area contributed by atoms with Crippen LogP contribution in [0.25, 0.3) is 0 Å². The van der Waals surface area contributed by atoms with Crippen LogP contribution < -0.4 is 0 Å². The summed E-state index contributed by atoms with van der Waals surface area (Å²) in [4.78, 5) is 10.7. The van der Waals surface area contributed by atoms with Crippen LogP contribution in [0.1, 0.15) is 15.9 Å². The molecule has 0 unspecified atom stereocenters. The van der Waals surface area contributed by atoms with E-state index in [9.17, 15) is 4.79 Å². The van der Waals surface area contributed by atoms with Gasteiger partial charge in [-0.15, -0.1) is 0 Å². The molecule has 0 amide bonds. The second-order valence-corrected chi connectivity index (χ2v) is 3.65. The number of rotatable bonds is 1. The van der Waals surface area contributed by atoms with Crippen molar-refractivity contribution in [2.45, 2.75) is 6.92 Å². The number of hydrogen-bond donors (Lipinski definition) is 1. The van der Waals surface area contributed by atoms with Crippen molar-refractivity contribution in [3.8, 4) is 0 Å². The third-order valence-corrected chi connectivity index (χ3v) is 2.80. The number of halogens is 3. The first-order chi connectivity index (χ1) is 5.95. The lowest BCUT2D eigenvalue weighted by Gasteiger charge is -2.06. The molecule has 5 heteroatoms. The number of carboxylic acids is 1. The molecule has 1 aromatic carbocycles. The van der Waals surface area contributed by atoms with Gasteiger partial charge < -0.3 is 5.11 Å². The molecule has 0 aromatic heterocycles. The van der Waals surface area contributed by atoms with E-state index in [1.165, 1.54) is 6.07 Å². The normalized spacial score (nSPS) is 10.2. The van der Waals surface area contributed by atoms with Crippen molar-refractivity contribution in [3.63, 3.8) is 0 Å². The van der Waals surface area contributed by atoms with Crippen molar-refractivity contribution < 1.29 is 9.90 Å². The summed E-state index contributed by atoms with van der Waals surface area (Å²) in [7, 11) is 0. The molecule has 1 N–H and O–H groups in total. The molecule has 2 nitrogen and oxygen atoms in total. The predicted molar refractivity (Wildman–Crippen MR) is 53.2 cm³/mol. The Morgan fingerprint density at radius 2 is 1.85 bits per heavy atom. The van der Waals surface area contributed by atoms with Crippen LogP contribution in [0.15, 0.2) is 6.07 Å². The fraction of sp³-hybridized carbons (Fsp3) is 0.125. The third-order valence-electron chi connectivity index (χ3n) is 1.62. The van der Waals surface area contributed by atoms with Crippen molar-refractivity contribution in [1.29, 1.82) is 0 Å². The Balaban J connectivity index is 3.53. The molecule has 0 aliphatic carbocycles. The molecule has 0 fully saturated rings. The molecular weight excluding hydrogens is 234 g/mol. The van der Waals surface area contributed by atoms with Crippen LogP contribution in [0.5, 0.6) is 0 Å². The summed E-state index contributed by atoms with van der Waals surface area (Å²) in [6.45, 7) is 1.56. The Bertz CT molecular complexity index is 374. The van der Waals surface area contributed by atoms with Gasteiger partial charge in [-0.3, -0.25) is 0 Å². The third kappa shape index (κ3) is 1.90. The molecule has 0 atom stereocenters. The summed E-state index contributed by atoms with van der Waals surface area (Å²) in [5.74, 6) is -1.11. The first kappa shape index (κ1) is 10.6. The van der Waals surface area contributed by atoms with Crippen LogP contribution in [-0.2, 0) is 0 Å². The van der Waals surface area contributed by atoms with Gasteiger partial charge in [0.25, 0.3) is 0 Å². The zero-order chi connectivity index (χ0) is 10.2. The maximum atomic E-state index is 10.7. The number of carboxylic acid groups (broad SMARTS) is 1. The molecule has 0 aliphatic heterocycles.